The van der Waals surface area contributed by atoms with Crippen molar-refractivity contribution in [3.05, 3.63) is 82.9 Å². The first-order valence-corrected chi connectivity index (χ1v) is 11.8. The summed E-state index contributed by atoms with van der Waals surface area (Å²) in [6, 6.07) is 15.9. The Labute approximate surface area is 234 Å². The summed E-state index contributed by atoms with van der Waals surface area (Å²) in [7, 11) is 0. The normalized spacial score (nSPS) is 12.3. The molecule has 0 fully saturated rings. The fourth-order valence-electron chi connectivity index (χ4n) is 3.78. The van der Waals surface area contributed by atoms with E-state index < -0.39 is 0 Å². The van der Waals surface area contributed by atoms with Crippen LogP contribution in [-0.4, -0.2) is 25.2 Å². The molecule has 2 rings (SSSR count). The summed E-state index contributed by atoms with van der Waals surface area (Å²) < 4.78 is 11.1. The van der Waals surface area contributed by atoms with E-state index in [-0.39, 0.29) is 52.5 Å². The van der Waals surface area contributed by atoms with Gasteiger partial charge in [0.2, 0.25) is 0 Å². The van der Waals surface area contributed by atoms with Gasteiger partial charge in [-0.1, -0.05) is 117 Å². The summed E-state index contributed by atoms with van der Waals surface area (Å²) in [5, 5.41) is 0. The second-order valence-corrected chi connectivity index (χ2v) is 10.2. The molecule has 0 heterocycles. The van der Waals surface area contributed by atoms with E-state index >= 15 is 0 Å². The smallest absolute Gasteiger partial charge is 0.330 e. The lowest BCUT2D eigenvalue weighted by Crippen LogP contribution is -2.33. The number of benzene rings is 2. The van der Waals surface area contributed by atoms with Crippen molar-refractivity contribution in [1.82, 2.24) is 0 Å². The summed E-state index contributed by atoms with van der Waals surface area (Å²) in [6.45, 7) is 13.0. The standard InChI is InChI=1S/C30H38O4.4CH4/c1-7-30(6,22-34-28(32)19-17-26-14-10-24(3)11-15-26)20-29(4,5)21-33-27(31)18-16-25-12-8-23(2)9-13-25;;;;/h8-19H,7,20-22H2,1-6H3;4*1H4/b18-16+,19-17+;;;;. The zero-order chi connectivity index (χ0) is 25.2. The van der Waals surface area contributed by atoms with Gasteiger partial charge < -0.3 is 9.47 Å². The molecular formula is C34H54O4. The molecule has 2 aromatic carbocycles. The third kappa shape index (κ3) is 14.6. The molecule has 1 atom stereocenters. The van der Waals surface area contributed by atoms with Crippen molar-refractivity contribution in [2.24, 2.45) is 10.8 Å². The molecule has 0 aliphatic carbocycles. The number of rotatable bonds is 11. The van der Waals surface area contributed by atoms with Crippen molar-refractivity contribution in [2.45, 2.75) is 84.1 Å². The van der Waals surface area contributed by atoms with Gasteiger partial charge in [-0.25, -0.2) is 9.59 Å². The van der Waals surface area contributed by atoms with Gasteiger partial charge in [-0.2, -0.15) is 0 Å². The first-order chi connectivity index (χ1) is 16.0. The highest BCUT2D eigenvalue weighted by atomic mass is 16.5. The number of ether oxygens (including phenoxy) is 2. The summed E-state index contributed by atoms with van der Waals surface area (Å²) in [5.74, 6) is -0.717. The maximum atomic E-state index is 12.2. The van der Waals surface area contributed by atoms with E-state index in [9.17, 15) is 9.59 Å². The van der Waals surface area contributed by atoms with Crippen molar-refractivity contribution in [1.29, 1.82) is 0 Å². The van der Waals surface area contributed by atoms with Crippen LogP contribution in [0.25, 0.3) is 12.2 Å². The molecule has 0 aromatic heterocycles. The van der Waals surface area contributed by atoms with Gasteiger partial charge in [0.05, 0.1) is 13.2 Å². The number of aryl methyl sites for hydroxylation is 2. The monoisotopic (exact) mass is 526 g/mol. The first kappa shape index (κ1) is 39.4. The molecular weight excluding hydrogens is 472 g/mol. The Balaban J connectivity index is -0.00000306. The Kier molecular flexibility index (Phi) is 18.8. The van der Waals surface area contributed by atoms with Crippen LogP contribution in [0.4, 0.5) is 0 Å². The minimum atomic E-state index is -0.362. The summed E-state index contributed by atoms with van der Waals surface area (Å²) in [5.41, 5.74) is 3.78. The van der Waals surface area contributed by atoms with Crippen LogP contribution < -0.4 is 0 Å². The van der Waals surface area contributed by atoms with E-state index in [0.29, 0.717) is 13.2 Å². The Bertz CT molecular complexity index is 998. The summed E-state index contributed by atoms with van der Waals surface area (Å²) in [4.78, 5) is 24.4. The lowest BCUT2D eigenvalue weighted by Gasteiger charge is -2.36. The lowest BCUT2D eigenvalue weighted by atomic mass is 9.73. The molecule has 214 valence electrons. The third-order valence-corrected chi connectivity index (χ3v) is 5.91. The molecule has 0 saturated heterocycles. The molecule has 2 aromatic rings. The van der Waals surface area contributed by atoms with Gasteiger partial charge >= 0.3 is 11.9 Å². The molecule has 4 nitrogen and oxygen atoms in total. The SMILES string of the molecule is C.C.C.C.CCC(C)(COC(=O)/C=C/c1ccc(C)cc1)CC(C)(C)COC(=O)/C=C/c1ccc(C)cc1. The third-order valence-electron chi connectivity index (χ3n) is 5.91. The molecule has 1 unspecified atom stereocenters. The molecule has 0 spiro atoms. The van der Waals surface area contributed by atoms with Crippen LogP contribution in [0.1, 0.15) is 92.5 Å². The Morgan fingerprint density at radius 2 is 1.05 bits per heavy atom. The largest absolute Gasteiger partial charge is 0.462 e. The molecule has 4 heteroatoms. The minimum Gasteiger partial charge on any atom is -0.462 e. The molecule has 0 aliphatic rings. The average Bonchev–Trinajstić information content (AvgIpc) is 2.80. The number of carbonyl (C=O) groups excluding carboxylic acids is 2. The molecule has 0 amide bonds. The van der Waals surface area contributed by atoms with Crippen LogP contribution in [0.5, 0.6) is 0 Å². The summed E-state index contributed by atoms with van der Waals surface area (Å²) in [6.07, 6.45) is 8.04. The van der Waals surface area contributed by atoms with Crippen molar-refractivity contribution < 1.29 is 19.1 Å². The predicted molar refractivity (Wildman–Crippen MR) is 166 cm³/mol. The topological polar surface area (TPSA) is 52.6 Å². The fourth-order valence-corrected chi connectivity index (χ4v) is 3.78. The molecule has 38 heavy (non-hydrogen) atoms. The van der Waals surface area contributed by atoms with Crippen LogP contribution in [0.2, 0.25) is 0 Å². The van der Waals surface area contributed by atoms with Gasteiger partial charge in [-0.3, -0.25) is 0 Å². The number of hydrogen-bond donors (Lipinski definition) is 0. The molecule has 0 radical (unpaired) electrons. The van der Waals surface area contributed by atoms with Crippen LogP contribution in [-0.2, 0) is 19.1 Å². The quantitative estimate of drug-likeness (QED) is 0.216. The Morgan fingerprint density at radius 1 is 0.684 bits per heavy atom. The van der Waals surface area contributed by atoms with Gasteiger partial charge in [0.1, 0.15) is 0 Å². The van der Waals surface area contributed by atoms with E-state index in [1.54, 1.807) is 12.2 Å². The van der Waals surface area contributed by atoms with Gasteiger partial charge in [-0.05, 0) is 55.4 Å². The molecule has 0 N–H and O–H groups in total. The average molecular weight is 527 g/mol. The van der Waals surface area contributed by atoms with Gasteiger partial charge in [0.15, 0.2) is 0 Å². The Hall–Kier alpha value is -3.14. The predicted octanol–water partition coefficient (Wildman–Crippen LogP) is 9.49. The van der Waals surface area contributed by atoms with Gasteiger partial charge in [0.25, 0.3) is 0 Å². The highest BCUT2D eigenvalue weighted by Gasteiger charge is 2.33. The molecule has 0 bridgehead atoms. The minimum absolute atomic E-state index is 0. The van der Waals surface area contributed by atoms with Crippen LogP contribution in [0, 0.1) is 24.7 Å². The van der Waals surface area contributed by atoms with E-state index in [0.717, 1.165) is 24.0 Å². The van der Waals surface area contributed by atoms with Crippen molar-refractivity contribution in [3.63, 3.8) is 0 Å². The maximum absolute atomic E-state index is 12.2. The van der Waals surface area contributed by atoms with E-state index in [1.807, 2.05) is 62.4 Å². The van der Waals surface area contributed by atoms with Crippen LogP contribution in [0.15, 0.2) is 60.7 Å². The lowest BCUT2D eigenvalue weighted by molar-refractivity contribution is -0.143. The molecule has 0 aliphatic heterocycles. The second-order valence-electron chi connectivity index (χ2n) is 10.2. The fraction of sp³-hybridized carbons (Fsp3) is 0.471. The number of esters is 2. The van der Waals surface area contributed by atoms with Crippen molar-refractivity contribution >= 4 is 24.1 Å². The van der Waals surface area contributed by atoms with Gasteiger partial charge in [0, 0.05) is 17.6 Å². The van der Waals surface area contributed by atoms with Crippen molar-refractivity contribution in [3.8, 4) is 0 Å². The van der Waals surface area contributed by atoms with Crippen molar-refractivity contribution in [2.75, 3.05) is 13.2 Å². The van der Waals surface area contributed by atoms with E-state index in [4.69, 9.17) is 9.47 Å². The highest BCUT2D eigenvalue weighted by molar-refractivity contribution is 5.87. The molecule has 0 saturated carbocycles. The summed E-state index contributed by atoms with van der Waals surface area (Å²) >= 11 is 0. The van der Waals surface area contributed by atoms with Crippen LogP contribution >= 0.6 is 0 Å². The van der Waals surface area contributed by atoms with Gasteiger partial charge in [-0.15, -0.1) is 0 Å². The van der Waals surface area contributed by atoms with Crippen LogP contribution in [0.3, 0.4) is 0 Å². The number of carbonyl (C=O) groups is 2. The maximum Gasteiger partial charge on any atom is 0.330 e. The highest BCUT2D eigenvalue weighted by Crippen LogP contribution is 2.37. The van der Waals surface area contributed by atoms with E-state index in [1.165, 1.54) is 23.3 Å². The second kappa shape index (κ2) is 18.2. The Morgan fingerprint density at radius 3 is 1.42 bits per heavy atom. The number of hydrogen-bond acceptors (Lipinski definition) is 4. The zero-order valence-corrected chi connectivity index (χ0v) is 21.4. The zero-order valence-electron chi connectivity index (χ0n) is 21.4. The van der Waals surface area contributed by atoms with E-state index in [2.05, 4.69) is 27.7 Å². The first-order valence-electron chi connectivity index (χ1n) is 11.8.